The molecule has 1 amide bonds. The minimum Gasteiger partial charge on any atom is -0.366 e. The van der Waals surface area contributed by atoms with Gasteiger partial charge in [0.05, 0.1) is 0 Å². The normalized spacial score (nSPS) is 16.6. The van der Waals surface area contributed by atoms with Gasteiger partial charge in [0.2, 0.25) is 23.8 Å². The largest absolute Gasteiger partial charge is 0.366 e. The Morgan fingerprint density at radius 2 is 2.00 bits per heavy atom. The van der Waals surface area contributed by atoms with Gasteiger partial charge in [0.15, 0.2) is 0 Å². The molecule has 9 nitrogen and oxygen atoms in total. The summed E-state index contributed by atoms with van der Waals surface area (Å²) in [5, 5.41) is 10.1. The third-order valence-electron chi connectivity index (χ3n) is 5.08. The molecule has 1 aliphatic rings. The summed E-state index contributed by atoms with van der Waals surface area (Å²) in [7, 11) is 1.98. The molecule has 1 saturated heterocycles. The van der Waals surface area contributed by atoms with Crippen LogP contribution in [0.2, 0.25) is 0 Å². The van der Waals surface area contributed by atoms with Crippen LogP contribution in [0.25, 0.3) is 0 Å². The van der Waals surface area contributed by atoms with Crippen molar-refractivity contribution in [3.05, 3.63) is 29.3 Å². The summed E-state index contributed by atoms with van der Waals surface area (Å²) in [6.45, 7) is 11.2. The molecule has 31 heavy (non-hydrogen) atoms. The summed E-state index contributed by atoms with van der Waals surface area (Å²) in [6.07, 6.45) is 2.18. The minimum absolute atomic E-state index is 0.0856. The van der Waals surface area contributed by atoms with Gasteiger partial charge >= 0.3 is 0 Å². The molecule has 3 rings (SSSR count). The van der Waals surface area contributed by atoms with Crippen molar-refractivity contribution in [2.24, 2.45) is 11.1 Å². The molecular formula is C22H34N8O. The Bertz CT molecular complexity index is 918. The lowest BCUT2D eigenvalue weighted by atomic mass is 9.96. The molecule has 2 aromatic rings. The molecule has 168 valence electrons. The molecule has 1 aromatic heterocycles. The zero-order valence-corrected chi connectivity index (χ0v) is 19.1. The molecule has 1 atom stereocenters. The maximum atomic E-state index is 11.6. The first-order valence-electron chi connectivity index (χ1n) is 10.7. The van der Waals surface area contributed by atoms with E-state index in [1.807, 2.05) is 24.9 Å². The molecular weight excluding hydrogens is 392 g/mol. The highest BCUT2D eigenvalue weighted by atomic mass is 16.1. The van der Waals surface area contributed by atoms with E-state index in [1.54, 1.807) is 12.1 Å². The fraction of sp³-hybridized carbons (Fsp3) is 0.545. The second kappa shape index (κ2) is 9.47. The number of benzene rings is 1. The van der Waals surface area contributed by atoms with Crippen molar-refractivity contribution in [2.75, 3.05) is 42.2 Å². The molecule has 5 N–H and O–H groups in total. The number of piperidine rings is 1. The zero-order valence-electron chi connectivity index (χ0n) is 19.1. The second-order valence-electron chi connectivity index (χ2n) is 9.41. The number of aryl methyl sites for hydroxylation is 1. The van der Waals surface area contributed by atoms with Gasteiger partial charge in [-0.1, -0.05) is 26.8 Å². The van der Waals surface area contributed by atoms with Crippen LogP contribution in [0.5, 0.6) is 0 Å². The molecule has 0 bridgehead atoms. The van der Waals surface area contributed by atoms with E-state index >= 15 is 0 Å². The van der Waals surface area contributed by atoms with Gasteiger partial charge in [-0.2, -0.15) is 15.0 Å². The number of rotatable bonds is 7. The molecule has 0 spiro atoms. The van der Waals surface area contributed by atoms with E-state index in [0.717, 1.165) is 43.7 Å². The first kappa shape index (κ1) is 22.7. The van der Waals surface area contributed by atoms with E-state index < -0.39 is 5.91 Å². The fourth-order valence-electron chi connectivity index (χ4n) is 3.63. The third-order valence-corrected chi connectivity index (χ3v) is 5.08. The maximum Gasteiger partial charge on any atom is 0.248 e. The number of anilines is 4. The number of amides is 1. The lowest BCUT2D eigenvalue weighted by Gasteiger charge is -2.28. The van der Waals surface area contributed by atoms with Crippen molar-refractivity contribution in [2.45, 2.75) is 46.6 Å². The predicted octanol–water partition coefficient (Wildman–Crippen LogP) is 2.67. The zero-order chi connectivity index (χ0) is 22.6. The van der Waals surface area contributed by atoms with Crippen LogP contribution < -0.4 is 26.6 Å². The van der Waals surface area contributed by atoms with Crippen molar-refractivity contribution in [1.29, 1.82) is 0 Å². The number of carbonyl (C=O) groups is 1. The number of hydrogen-bond acceptors (Lipinski definition) is 8. The van der Waals surface area contributed by atoms with Crippen LogP contribution >= 0.6 is 0 Å². The Labute approximate surface area is 184 Å². The summed E-state index contributed by atoms with van der Waals surface area (Å²) in [4.78, 5) is 27.5. The van der Waals surface area contributed by atoms with Crippen molar-refractivity contribution < 1.29 is 4.79 Å². The summed E-state index contributed by atoms with van der Waals surface area (Å²) in [5.74, 6) is 1.06. The molecule has 2 heterocycles. The van der Waals surface area contributed by atoms with Gasteiger partial charge in [-0.05, 0) is 49.4 Å². The van der Waals surface area contributed by atoms with Gasteiger partial charge < -0.3 is 26.6 Å². The van der Waals surface area contributed by atoms with E-state index in [4.69, 9.17) is 5.73 Å². The van der Waals surface area contributed by atoms with Crippen LogP contribution in [0.4, 0.5) is 23.5 Å². The smallest absolute Gasteiger partial charge is 0.248 e. The number of nitrogens with zero attached hydrogens (tertiary/aromatic N) is 4. The van der Waals surface area contributed by atoms with E-state index in [9.17, 15) is 4.79 Å². The van der Waals surface area contributed by atoms with Gasteiger partial charge in [-0.25, -0.2) is 0 Å². The average molecular weight is 427 g/mol. The topological polar surface area (TPSA) is 121 Å². The van der Waals surface area contributed by atoms with E-state index in [-0.39, 0.29) is 11.5 Å². The fourth-order valence-corrected chi connectivity index (χ4v) is 3.63. The highest BCUT2D eigenvalue weighted by Crippen LogP contribution is 2.24. The number of carbonyl (C=O) groups excluding carboxylic acids is 1. The van der Waals surface area contributed by atoms with Gasteiger partial charge in [0.1, 0.15) is 0 Å². The number of aromatic nitrogens is 3. The molecule has 0 radical (unpaired) electrons. The highest BCUT2D eigenvalue weighted by molar-refractivity contribution is 5.94. The third kappa shape index (κ3) is 6.52. The summed E-state index contributed by atoms with van der Waals surface area (Å²) >= 11 is 0. The highest BCUT2D eigenvalue weighted by Gasteiger charge is 2.20. The summed E-state index contributed by atoms with van der Waals surface area (Å²) < 4.78 is 0. The Morgan fingerprint density at radius 3 is 2.65 bits per heavy atom. The van der Waals surface area contributed by atoms with Crippen molar-refractivity contribution in [1.82, 2.24) is 20.3 Å². The number of hydrogen-bond donors (Lipinski definition) is 4. The Kier molecular flexibility index (Phi) is 6.94. The van der Waals surface area contributed by atoms with Crippen LogP contribution in [0.15, 0.2) is 18.2 Å². The SMILES string of the molecule is Cc1ccc(C(N)=O)cc1Nc1nc(NC2CCCNC2)nc(N(C)CC(C)(C)C)n1. The predicted molar refractivity (Wildman–Crippen MR) is 125 cm³/mol. The number of primary amides is 1. The Morgan fingerprint density at radius 1 is 1.26 bits per heavy atom. The summed E-state index contributed by atoms with van der Waals surface area (Å²) in [6, 6.07) is 5.55. The molecule has 1 fully saturated rings. The maximum absolute atomic E-state index is 11.6. The standard InChI is InChI=1S/C22H34N8O/c1-14-8-9-15(18(23)31)11-17(14)26-20-27-19(25-16-7-6-10-24-12-16)28-21(29-20)30(5)13-22(2,3)4/h8-9,11,16,24H,6-7,10,12-13H2,1-5H3,(H2,23,31)(H2,25,26,27,28,29). The van der Waals surface area contributed by atoms with Crippen molar-refractivity contribution >= 4 is 29.4 Å². The van der Waals surface area contributed by atoms with Gasteiger partial charge in [0.25, 0.3) is 0 Å². The Balaban J connectivity index is 1.92. The lowest BCUT2D eigenvalue weighted by molar-refractivity contribution is 0.100. The van der Waals surface area contributed by atoms with Crippen LogP contribution in [-0.2, 0) is 0 Å². The first-order valence-corrected chi connectivity index (χ1v) is 10.7. The molecule has 1 aromatic carbocycles. The molecule has 9 heteroatoms. The Hall–Kier alpha value is -2.94. The number of nitrogens with two attached hydrogens (primary N) is 1. The van der Waals surface area contributed by atoms with E-state index in [2.05, 4.69) is 51.7 Å². The second-order valence-corrected chi connectivity index (χ2v) is 9.41. The lowest BCUT2D eigenvalue weighted by Crippen LogP contribution is -2.39. The first-order chi connectivity index (χ1) is 14.6. The van der Waals surface area contributed by atoms with Crippen LogP contribution in [-0.4, -0.2) is 53.6 Å². The molecule has 0 aliphatic carbocycles. The van der Waals surface area contributed by atoms with E-state index in [1.165, 1.54) is 0 Å². The molecule has 1 unspecified atom stereocenters. The van der Waals surface area contributed by atoms with Crippen molar-refractivity contribution in [3.8, 4) is 0 Å². The summed E-state index contributed by atoms with van der Waals surface area (Å²) in [5.41, 5.74) is 7.65. The van der Waals surface area contributed by atoms with Gasteiger partial charge in [-0.3, -0.25) is 4.79 Å². The average Bonchev–Trinajstić information content (AvgIpc) is 2.69. The van der Waals surface area contributed by atoms with Gasteiger partial charge in [0, 0.05) is 37.4 Å². The van der Waals surface area contributed by atoms with Gasteiger partial charge in [-0.15, -0.1) is 0 Å². The van der Waals surface area contributed by atoms with Crippen LogP contribution in [0.3, 0.4) is 0 Å². The van der Waals surface area contributed by atoms with Crippen molar-refractivity contribution in [3.63, 3.8) is 0 Å². The molecule has 0 saturated carbocycles. The quantitative estimate of drug-likeness (QED) is 0.533. The van der Waals surface area contributed by atoms with Crippen LogP contribution in [0.1, 0.15) is 49.5 Å². The van der Waals surface area contributed by atoms with E-state index in [0.29, 0.717) is 23.4 Å². The molecule has 1 aliphatic heterocycles. The number of nitrogens with one attached hydrogen (secondary N) is 3. The van der Waals surface area contributed by atoms with Crippen LogP contribution in [0, 0.1) is 12.3 Å². The minimum atomic E-state index is -0.476. The monoisotopic (exact) mass is 426 g/mol.